The Kier molecular flexibility index (Phi) is 3.19. The predicted molar refractivity (Wildman–Crippen MR) is 55.1 cm³/mol. The van der Waals surface area contributed by atoms with E-state index in [4.69, 9.17) is 5.73 Å². The molecule has 0 spiro atoms. The zero-order valence-electron chi connectivity index (χ0n) is 9.10. The standard InChI is InChI=1S/C11H14F3NO/c1-10(2,11(12,13)14)8-3-4-9(16)7(5-8)6-15/h3-5,16H,6,15H2,1-2H3. The van der Waals surface area contributed by atoms with Crippen molar-refractivity contribution >= 4 is 0 Å². The monoisotopic (exact) mass is 233 g/mol. The lowest BCUT2D eigenvalue weighted by Crippen LogP contribution is -2.36. The van der Waals surface area contributed by atoms with Crippen LogP contribution in [-0.4, -0.2) is 11.3 Å². The van der Waals surface area contributed by atoms with E-state index in [1.54, 1.807) is 0 Å². The fourth-order valence-electron chi connectivity index (χ4n) is 1.30. The quantitative estimate of drug-likeness (QED) is 0.825. The van der Waals surface area contributed by atoms with Crippen LogP contribution in [0.5, 0.6) is 5.75 Å². The largest absolute Gasteiger partial charge is 0.508 e. The second-order valence-corrected chi connectivity index (χ2v) is 4.17. The number of phenols is 1. The van der Waals surface area contributed by atoms with Crippen molar-refractivity contribution < 1.29 is 18.3 Å². The summed E-state index contributed by atoms with van der Waals surface area (Å²) in [6, 6.07) is 3.80. The van der Waals surface area contributed by atoms with Crippen LogP contribution in [-0.2, 0) is 12.0 Å². The van der Waals surface area contributed by atoms with Gasteiger partial charge < -0.3 is 10.8 Å². The first kappa shape index (κ1) is 12.8. The molecule has 16 heavy (non-hydrogen) atoms. The van der Waals surface area contributed by atoms with E-state index in [1.807, 2.05) is 0 Å². The van der Waals surface area contributed by atoms with Crippen LogP contribution in [0.2, 0.25) is 0 Å². The summed E-state index contributed by atoms with van der Waals surface area (Å²) in [5, 5.41) is 9.34. The number of rotatable bonds is 2. The number of alkyl halides is 3. The summed E-state index contributed by atoms with van der Waals surface area (Å²) in [4.78, 5) is 0. The lowest BCUT2D eigenvalue weighted by molar-refractivity contribution is -0.180. The number of benzene rings is 1. The molecule has 0 aliphatic rings. The lowest BCUT2D eigenvalue weighted by atomic mass is 9.83. The van der Waals surface area contributed by atoms with Gasteiger partial charge in [-0.1, -0.05) is 6.07 Å². The van der Waals surface area contributed by atoms with Crippen molar-refractivity contribution in [2.24, 2.45) is 5.73 Å². The van der Waals surface area contributed by atoms with Gasteiger partial charge in [-0.05, 0) is 31.5 Å². The highest BCUT2D eigenvalue weighted by atomic mass is 19.4. The molecule has 0 amide bonds. The molecule has 3 N–H and O–H groups in total. The molecule has 90 valence electrons. The first-order chi connectivity index (χ1) is 7.20. The number of nitrogens with two attached hydrogens (primary N) is 1. The van der Waals surface area contributed by atoms with Gasteiger partial charge in [0.2, 0.25) is 0 Å². The molecule has 0 saturated carbocycles. The molecular formula is C11H14F3NO. The average molecular weight is 233 g/mol. The van der Waals surface area contributed by atoms with Gasteiger partial charge in [-0.15, -0.1) is 0 Å². The average Bonchev–Trinajstić information content (AvgIpc) is 2.16. The van der Waals surface area contributed by atoms with E-state index in [2.05, 4.69) is 0 Å². The molecule has 1 rings (SSSR count). The van der Waals surface area contributed by atoms with Crippen LogP contribution < -0.4 is 5.73 Å². The Morgan fingerprint density at radius 1 is 1.25 bits per heavy atom. The van der Waals surface area contributed by atoms with Crippen LogP contribution in [0.3, 0.4) is 0 Å². The first-order valence-corrected chi connectivity index (χ1v) is 4.79. The minimum atomic E-state index is -4.34. The first-order valence-electron chi connectivity index (χ1n) is 4.79. The maximum Gasteiger partial charge on any atom is 0.397 e. The molecule has 0 unspecified atom stereocenters. The number of aromatic hydroxyl groups is 1. The van der Waals surface area contributed by atoms with Crippen molar-refractivity contribution in [3.63, 3.8) is 0 Å². The SMILES string of the molecule is CC(C)(c1ccc(O)c(CN)c1)C(F)(F)F. The molecule has 0 saturated heterocycles. The van der Waals surface area contributed by atoms with Gasteiger partial charge in [0.05, 0.1) is 5.41 Å². The minimum absolute atomic E-state index is 0.00755. The van der Waals surface area contributed by atoms with Crippen LogP contribution in [0.15, 0.2) is 18.2 Å². The second kappa shape index (κ2) is 3.97. The number of hydrogen-bond donors (Lipinski definition) is 2. The Balaban J connectivity index is 3.24. The summed E-state index contributed by atoms with van der Waals surface area (Å²) in [6.07, 6.45) is -4.34. The van der Waals surface area contributed by atoms with E-state index >= 15 is 0 Å². The van der Waals surface area contributed by atoms with E-state index in [-0.39, 0.29) is 17.9 Å². The molecule has 5 heteroatoms. The molecule has 0 atom stereocenters. The highest BCUT2D eigenvalue weighted by Gasteiger charge is 2.48. The molecule has 1 aromatic rings. The predicted octanol–water partition coefficient (Wildman–Crippen LogP) is 2.69. The smallest absolute Gasteiger partial charge is 0.397 e. The molecule has 0 aromatic heterocycles. The normalized spacial score (nSPS) is 12.9. The minimum Gasteiger partial charge on any atom is -0.508 e. The Morgan fingerprint density at radius 2 is 1.81 bits per heavy atom. The fourth-order valence-corrected chi connectivity index (χ4v) is 1.30. The third-order valence-electron chi connectivity index (χ3n) is 2.73. The van der Waals surface area contributed by atoms with Crippen molar-refractivity contribution in [2.75, 3.05) is 0 Å². The Bertz CT molecular complexity index is 385. The van der Waals surface area contributed by atoms with Gasteiger partial charge in [-0.3, -0.25) is 0 Å². The van der Waals surface area contributed by atoms with E-state index in [0.29, 0.717) is 5.56 Å². The van der Waals surface area contributed by atoms with Gasteiger partial charge in [0.25, 0.3) is 0 Å². The van der Waals surface area contributed by atoms with Crippen molar-refractivity contribution in [1.82, 2.24) is 0 Å². The Hall–Kier alpha value is -1.23. The summed E-state index contributed by atoms with van der Waals surface area (Å²) in [5.41, 5.74) is 3.79. The molecule has 0 aliphatic heterocycles. The van der Waals surface area contributed by atoms with Gasteiger partial charge >= 0.3 is 6.18 Å². The van der Waals surface area contributed by atoms with E-state index < -0.39 is 11.6 Å². The van der Waals surface area contributed by atoms with E-state index in [9.17, 15) is 18.3 Å². The fraction of sp³-hybridized carbons (Fsp3) is 0.455. The summed E-state index contributed by atoms with van der Waals surface area (Å²) in [7, 11) is 0. The third-order valence-corrected chi connectivity index (χ3v) is 2.73. The van der Waals surface area contributed by atoms with Gasteiger partial charge in [-0.25, -0.2) is 0 Å². The topological polar surface area (TPSA) is 46.2 Å². The maximum absolute atomic E-state index is 12.8. The van der Waals surface area contributed by atoms with E-state index in [1.165, 1.54) is 18.2 Å². The van der Waals surface area contributed by atoms with Crippen LogP contribution in [0, 0.1) is 0 Å². The lowest BCUT2D eigenvalue weighted by Gasteiger charge is -2.28. The molecule has 2 nitrogen and oxygen atoms in total. The maximum atomic E-state index is 12.8. The summed E-state index contributed by atoms with van der Waals surface area (Å²) in [6.45, 7) is 2.20. The highest BCUT2D eigenvalue weighted by Crippen LogP contribution is 2.41. The summed E-state index contributed by atoms with van der Waals surface area (Å²) >= 11 is 0. The molecule has 0 heterocycles. The number of phenolic OH excluding ortho intramolecular Hbond substituents is 1. The van der Waals surface area contributed by atoms with Crippen molar-refractivity contribution in [3.05, 3.63) is 29.3 Å². The van der Waals surface area contributed by atoms with Crippen molar-refractivity contribution in [3.8, 4) is 5.75 Å². The Labute approximate surface area is 91.9 Å². The summed E-state index contributed by atoms with van der Waals surface area (Å²) < 4.78 is 38.3. The van der Waals surface area contributed by atoms with Gasteiger partial charge in [-0.2, -0.15) is 13.2 Å². The van der Waals surface area contributed by atoms with Crippen LogP contribution in [0.1, 0.15) is 25.0 Å². The molecule has 0 fully saturated rings. The van der Waals surface area contributed by atoms with Gasteiger partial charge in [0.1, 0.15) is 5.75 Å². The van der Waals surface area contributed by atoms with E-state index in [0.717, 1.165) is 13.8 Å². The molecule has 0 bridgehead atoms. The highest BCUT2D eigenvalue weighted by molar-refractivity contribution is 5.39. The molecule has 1 aromatic carbocycles. The molecule has 0 aliphatic carbocycles. The van der Waals surface area contributed by atoms with Crippen molar-refractivity contribution in [2.45, 2.75) is 32.0 Å². The number of hydrogen-bond acceptors (Lipinski definition) is 2. The van der Waals surface area contributed by atoms with Crippen LogP contribution in [0.25, 0.3) is 0 Å². The van der Waals surface area contributed by atoms with Crippen molar-refractivity contribution in [1.29, 1.82) is 0 Å². The van der Waals surface area contributed by atoms with Gasteiger partial charge in [0, 0.05) is 12.1 Å². The zero-order chi connectivity index (χ0) is 12.6. The summed E-state index contributed by atoms with van der Waals surface area (Å²) in [5.74, 6) is -0.0794. The second-order valence-electron chi connectivity index (χ2n) is 4.17. The number of halogens is 3. The zero-order valence-corrected chi connectivity index (χ0v) is 9.10. The van der Waals surface area contributed by atoms with Crippen LogP contribution in [0.4, 0.5) is 13.2 Å². The molecular weight excluding hydrogens is 219 g/mol. The van der Waals surface area contributed by atoms with Gasteiger partial charge in [0.15, 0.2) is 0 Å². The third kappa shape index (κ3) is 2.14. The van der Waals surface area contributed by atoms with Crippen LogP contribution >= 0.6 is 0 Å². The molecule has 0 radical (unpaired) electrons. The Morgan fingerprint density at radius 3 is 2.25 bits per heavy atom.